The zero-order valence-electron chi connectivity index (χ0n) is 18.7. The molecule has 0 aliphatic carbocycles. The summed E-state index contributed by atoms with van der Waals surface area (Å²) in [7, 11) is 0. The highest BCUT2D eigenvalue weighted by molar-refractivity contribution is 7.08. The second kappa shape index (κ2) is 10.4. The molecule has 2 saturated heterocycles. The maximum Gasteiger partial charge on any atom is 0.238 e. The number of nitrogens with zero attached hydrogens (tertiary/aromatic N) is 4. The number of amides is 1. The number of anilines is 3. The Kier molecular flexibility index (Phi) is 6.95. The number of hydrogen-bond donors (Lipinski definition) is 2. The van der Waals surface area contributed by atoms with E-state index in [4.69, 9.17) is 0 Å². The van der Waals surface area contributed by atoms with Gasteiger partial charge in [-0.1, -0.05) is 0 Å². The van der Waals surface area contributed by atoms with Gasteiger partial charge in [-0.25, -0.2) is 9.97 Å². The van der Waals surface area contributed by atoms with E-state index < -0.39 is 0 Å². The number of thiophene rings is 1. The predicted molar refractivity (Wildman–Crippen MR) is 134 cm³/mol. The molecule has 33 heavy (non-hydrogen) atoms. The van der Waals surface area contributed by atoms with Crippen molar-refractivity contribution in [3.8, 4) is 11.1 Å². The number of hydrogen-bond acceptors (Lipinski definition) is 7. The zero-order chi connectivity index (χ0) is 22.5. The Morgan fingerprint density at radius 3 is 2.30 bits per heavy atom. The second-order valence-corrected chi connectivity index (χ2v) is 9.59. The van der Waals surface area contributed by atoms with Crippen molar-refractivity contribution in [1.29, 1.82) is 0 Å². The highest BCUT2D eigenvalue weighted by Crippen LogP contribution is 2.23. The Morgan fingerprint density at radius 1 is 0.939 bits per heavy atom. The van der Waals surface area contributed by atoms with Crippen LogP contribution in [0.1, 0.15) is 25.7 Å². The number of likely N-dealkylation sites (tertiary alicyclic amines) is 2. The van der Waals surface area contributed by atoms with Crippen molar-refractivity contribution in [2.75, 3.05) is 43.4 Å². The fourth-order valence-electron chi connectivity index (χ4n) is 4.69. The summed E-state index contributed by atoms with van der Waals surface area (Å²) in [4.78, 5) is 26.2. The second-order valence-electron chi connectivity index (χ2n) is 8.81. The van der Waals surface area contributed by atoms with Gasteiger partial charge in [0, 0.05) is 48.5 Å². The van der Waals surface area contributed by atoms with Crippen LogP contribution in [0.15, 0.2) is 53.5 Å². The Bertz CT molecular complexity index is 1020. The number of benzene rings is 1. The lowest BCUT2D eigenvalue weighted by Gasteiger charge is -2.36. The molecule has 0 radical (unpaired) electrons. The number of piperidine rings is 1. The van der Waals surface area contributed by atoms with Crippen LogP contribution >= 0.6 is 11.3 Å². The zero-order valence-corrected chi connectivity index (χ0v) is 19.6. The molecule has 2 N–H and O–H groups in total. The summed E-state index contributed by atoms with van der Waals surface area (Å²) in [6.45, 7) is 4.97. The largest absolute Gasteiger partial charge is 0.325 e. The van der Waals surface area contributed by atoms with Gasteiger partial charge in [0.25, 0.3) is 0 Å². The van der Waals surface area contributed by atoms with Crippen LogP contribution in [-0.2, 0) is 4.79 Å². The molecule has 0 saturated carbocycles. The van der Waals surface area contributed by atoms with Crippen LogP contribution in [0.25, 0.3) is 11.1 Å². The lowest BCUT2D eigenvalue weighted by molar-refractivity contribution is -0.117. The molecular formula is C25H30N6OS. The minimum absolute atomic E-state index is 0.0442. The van der Waals surface area contributed by atoms with E-state index in [2.05, 4.69) is 41.8 Å². The van der Waals surface area contributed by atoms with E-state index in [0.29, 0.717) is 18.5 Å². The standard InChI is InChI=1S/C25H30N6OS/c32-24(17-30-12-7-23(8-13-30)31-10-1-2-11-31)28-21-3-5-22(6-4-21)29-25-26-15-20(16-27-25)19-9-14-33-18-19/h3-6,9,14-16,18,23H,1-2,7-8,10-13,17H2,(H,28,32)(H,26,27,29). The topological polar surface area (TPSA) is 73.4 Å². The van der Waals surface area contributed by atoms with Crippen molar-refractivity contribution in [1.82, 2.24) is 19.8 Å². The minimum atomic E-state index is 0.0442. The first-order chi connectivity index (χ1) is 16.2. The van der Waals surface area contributed by atoms with Gasteiger partial charge in [-0.2, -0.15) is 11.3 Å². The molecule has 2 aromatic heterocycles. The Morgan fingerprint density at radius 2 is 1.64 bits per heavy atom. The first kappa shape index (κ1) is 22.0. The molecule has 0 bridgehead atoms. The maximum absolute atomic E-state index is 12.5. The van der Waals surface area contributed by atoms with Crippen LogP contribution < -0.4 is 10.6 Å². The quantitative estimate of drug-likeness (QED) is 0.541. The third-order valence-corrected chi connectivity index (χ3v) is 7.20. The molecule has 0 spiro atoms. The van der Waals surface area contributed by atoms with E-state index in [9.17, 15) is 4.79 Å². The smallest absolute Gasteiger partial charge is 0.238 e. The number of aromatic nitrogens is 2. The number of carbonyl (C=O) groups is 1. The van der Waals surface area contributed by atoms with Gasteiger partial charge in [-0.3, -0.25) is 9.69 Å². The summed E-state index contributed by atoms with van der Waals surface area (Å²) in [5.41, 5.74) is 3.80. The molecule has 0 atom stereocenters. The van der Waals surface area contributed by atoms with E-state index in [1.54, 1.807) is 11.3 Å². The summed E-state index contributed by atoms with van der Waals surface area (Å²) in [5, 5.41) is 10.3. The summed E-state index contributed by atoms with van der Waals surface area (Å²) in [5.74, 6) is 0.589. The van der Waals surface area contributed by atoms with Crippen molar-refractivity contribution >= 4 is 34.6 Å². The molecular weight excluding hydrogens is 432 g/mol. The fourth-order valence-corrected chi connectivity index (χ4v) is 5.35. The van der Waals surface area contributed by atoms with E-state index in [1.807, 2.05) is 42.0 Å². The molecule has 3 aromatic rings. The first-order valence-corrected chi connectivity index (χ1v) is 12.7. The highest BCUT2D eigenvalue weighted by Gasteiger charge is 2.27. The molecule has 1 aromatic carbocycles. The summed E-state index contributed by atoms with van der Waals surface area (Å²) < 4.78 is 0. The fraction of sp³-hybridized carbons (Fsp3) is 0.400. The maximum atomic E-state index is 12.5. The lowest BCUT2D eigenvalue weighted by atomic mass is 10.0. The molecule has 8 heteroatoms. The summed E-state index contributed by atoms with van der Waals surface area (Å²) >= 11 is 1.66. The number of carbonyl (C=O) groups excluding carboxylic acids is 1. The average Bonchev–Trinajstić information content (AvgIpc) is 3.56. The Labute approximate surface area is 198 Å². The van der Waals surface area contributed by atoms with E-state index in [0.717, 1.165) is 35.6 Å². The van der Waals surface area contributed by atoms with Gasteiger partial charge < -0.3 is 15.5 Å². The SMILES string of the molecule is O=C(CN1CCC(N2CCCC2)CC1)Nc1ccc(Nc2ncc(-c3ccsc3)cn2)cc1. The van der Waals surface area contributed by atoms with E-state index in [1.165, 1.54) is 38.8 Å². The van der Waals surface area contributed by atoms with Crippen LogP contribution in [0.4, 0.5) is 17.3 Å². The highest BCUT2D eigenvalue weighted by atomic mass is 32.1. The van der Waals surface area contributed by atoms with Crippen molar-refractivity contribution in [2.45, 2.75) is 31.7 Å². The average molecular weight is 463 g/mol. The van der Waals surface area contributed by atoms with Gasteiger partial charge >= 0.3 is 0 Å². The summed E-state index contributed by atoms with van der Waals surface area (Å²) in [6.07, 6.45) is 8.66. The van der Waals surface area contributed by atoms with Gasteiger partial charge in [0.2, 0.25) is 11.9 Å². The van der Waals surface area contributed by atoms with Crippen molar-refractivity contribution in [3.05, 3.63) is 53.5 Å². The summed E-state index contributed by atoms with van der Waals surface area (Å²) in [6, 6.07) is 10.4. The lowest BCUT2D eigenvalue weighted by Crippen LogP contribution is -2.45. The Balaban J connectivity index is 1.08. The number of nitrogens with one attached hydrogen (secondary N) is 2. The third-order valence-electron chi connectivity index (χ3n) is 6.51. The predicted octanol–water partition coefficient (Wildman–Crippen LogP) is 4.45. The molecule has 172 valence electrons. The minimum Gasteiger partial charge on any atom is -0.325 e. The van der Waals surface area contributed by atoms with E-state index >= 15 is 0 Å². The van der Waals surface area contributed by atoms with Crippen molar-refractivity contribution < 1.29 is 4.79 Å². The van der Waals surface area contributed by atoms with Crippen LogP contribution in [-0.4, -0.2) is 64.4 Å². The van der Waals surface area contributed by atoms with Crippen LogP contribution in [0, 0.1) is 0 Å². The molecule has 4 heterocycles. The molecule has 2 fully saturated rings. The van der Waals surface area contributed by atoms with Gasteiger partial charge in [-0.15, -0.1) is 0 Å². The van der Waals surface area contributed by atoms with Gasteiger partial charge in [-0.05, 0) is 85.4 Å². The molecule has 1 amide bonds. The van der Waals surface area contributed by atoms with Crippen molar-refractivity contribution in [2.24, 2.45) is 0 Å². The van der Waals surface area contributed by atoms with Crippen molar-refractivity contribution in [3.63, 3.8) is 0 Å². The molecule has 2 aliphatic rings. The first-order valence-electron chi connectivity index (χ1n) is 11.7. The Hall–Kier alpha value is -2.81. The van der Waals surface area contributed by atoms with Crippen LogP contribution in [0.2, 0.25) is 0 Å². The number of rotatable bonds is 7. The molecule has 0 unspecified atom stereocenters. The van der Waals surface area contributed by atoms with Crippen LogP contribution in [0.3, 0.4) is 0 Å². The monoisotopic (exact) mass is 462 g/mol. The molecule has 2 aliphatic heterocycles. The van der Waals surface area contributed by atoms with Crippen LogP contribution in [0.5, 0.6) is 0 Å². The molecule has 7 nitrogen and oxygen atoms in total. The van der Waals surface area contributed by atoms with Gasteiger partial charge in [0.1, 0.15) is 0 Å². The normalized spacial score (nSPS) is 17.8. The molecule has 5 rings (SSSR count). The van der Waals surface area contributed by atoms with Gasteiger partial charge in [0.15, 0.2) is 0 Å². The van der Waals surface area contributed by atoms with E-state index in [-0.39, 0.29) is 5.91 Å². The van der Waals surface area contributed by atoms with Gasteiger partial charge in [0.05, 0.1) is 6.54 Å². The third kappa shape index (κ3) is 5.76.